The minimum Gasteiger partial charge on any atom is -0.496 e. The molecule has 26 heavy (non-hydrogen) atoms. The monoisotopic (exact) mass is 363 g/mol. The normalized spacial score (nSPS) is 11.0. The topological polar surface area (TPSA) is 50.8 Å². The summed E-state index contributed by atoms with van der Waals surface area (Å²) in [7, 11) is 1.66. The van der Waals surface area contributed by atoms with E-state index in [0.29, 0.717) is 5.02 Å². The van der Waals surface area contributed by atoms with E-state index in [9.17, 15) is 0 Å². The van der Waals surface area contributed by atoms with Crippen LogP contribution in [0.3, 0.4) is 0 Å². The van der Waals surface area contributed by atoms with E-state index in [1.807, 2.05) is 49.5 Å². The number of ether oxygens (including phenoxy) is 1. The number of aromatic nitrogens is 3. The molecule has 0 aliphatic heterocycles. The maximum absolute atomic E-state index is 6.55. The molecule has 4 aromatic rings. The van der Waals surface area contributed by atoms with Gasteiger partial charge >= 0.3 is 0 Å². The number of methoxy groups -OCH3 is 1. The van der Waals surface area contributed by atoms with E-state index in [1.165, 1.54) is 5.56 Å². The van der Waals surface area contributed by atoms with Crippen LogP contribution in [-0.2, 0) is 6.42 Å². The summed E-state index contributed by atoms with van der Waals surface area (Å²) in [6.45, 7) is 1.99. The van der Waals surface area contributed by atoms with Crippen molar-refractivity contribution in [1.29, 1.82) is 0 Å². The van der Waals surface area contributed by atoms with Crippen LogP contribution < -0.4 is 4.74 Å². The van der Waals surface area contributed by atoms with Crippen LogP contribution >= 0.6 is 11.6 Å². The summed E-state index contributed by atoms with van der Waals surface area (Å²) in [5.41, 5.74) is 5.73. The molecule has 0 spiro atoms. The number of aryl methyl sites for hydroxylation is 1. The molecule has 0 amide bonds. The minimum atomic E-state index is 0.669. The lowest BCUT2D eigenvalue weighted by Crippen LogP contribution is -1.95. The Morgan fingerprint density at radius 1 is 1.12 bits per heavy atom. The second-order valence-electron chi connectivity index (χ2n) is 6.19. The van der Waals surface area contributed by atoms with Gasteiger partial charge in [-0.3, -0.25) is 5.10 Å². The van der Waals surface area contributed by atoms with Crippen molar-refractivity contribution >= 4 is 22.5 Å². The maximum atomic E-state index is 6.55. The van der Waals surface area contributed by atoms with Gasteiger partial charge in [-0.15, -0.1) is 0 Å². The molecule has 0 unspecified atom stereocenters. The summed E-state index contributed by atoms with van der Waals surface area (Å²) in [5.74, 6) is 0.801. The highest BCUT2D eigenvalue weighted by Crippen LogP contribution is 2.34. The average molecular weight is 364 g/mol. The number of nitrogens with one attached hydrogen (secondary N) is 1. The van der Waals surface area contributed by atoms with Crippen LogP contribution in [0.2, 0.25) is 5.02 Å². The molecule has 0 radical (unpaired) electrons. The molecule has 2 aromatic carbocycles. The van der Waals surface area contributed by atoms with Gasteiger partial charge in [0, 0.05) is 29.1 Å². The largest absolute Gasteiger partial charge is 0.496 e. The molecular formula is C21H18ClN3O. The van der Waals surface area contributed by atoms with Crippen LogP contribution in [-0.4, -0.2) is 22.3 Å². The number of halogens is 1. The van der Waals surface area contributed by atoms with Gasteiger partial charge < -0.3 is 4.74 Å². The molecule has 0 saturated carbocycles. The first kappa shape index (κ1) is 16.6. The Hall–Kier alpha value is -2.85. The third kappa shape index (κ3) is 2.93. The lowest BCUT2D eigenvalue weighted by atomic mass is 10.0. The van der Waals surface area contributed by atoms with Gasteiger partial charge in [-0.2, -0.15) is 5.10 Å². The second-order valence-corrected chi connectivity index (χ2v) is 6.59. The van der Waals surface area contributed by atoms with Crippen LogP contribution in [0, 0.1) is 6.92 Å². The van der Waals surface area contributed by atoms with Crippen molar-refractivity contribution in [2.45, 2.75) is 13.3 Å². The zero-order valence-electron chi connectivity index (χ0n) is 14.6. The molecule has 0 aliphatic rings. The smallest absolute Gasteiger partial charge is 0.123 e. The van der Waals surface area contributed by atoms with E-state index in [0.717, 1.165) is 45.6 Å². The third-order valence-corrected chi connectivity index (χ3v) is 4.88. The molecule has 0 fully saturated rings. The zero-order chi connectivity index (χ0) is 18.1. The molecule has 2 aromatic heterocycles. The highest BCUT2D eigenvalue weighted by atomic mass is 35.5. The minimum absolute atomic E-state index is 0.669. The van der Waals surface area contributed by atoms with Gasteiger partial charge in [0.05, 0.1) is 29.0 Å². The maximum Gasteiger partial charge on any atom is 0.123 e. The van der Waals surface area contributed by atoms with Crippen LogP contribution in [0.25, 0.3) is 22.2 Å². The molecule has 0 saturated heterocycles. The summed E-state index contributed by atoms with van der Waals surface area (Å²) in [5, 5.41) is 8.97. The van der Waals surface area contributed by atoms with E-state index in [-0.39, 0.29) is 0 Å². The highest BCUT2D eigenvalue weighted by molar-refractivity contribution is 6.35. The van der Waals surface area contributed by atoms with E-state index in [1.54, 1.807) is 7.11 Å². The standard InChI is InChI=1S/C21H18ClN3O/c1-13-20(26-2)9-8-15-17(22)11-18(24-21(13)15)16-12-23-25-19(16)10-14-6-4-3-5-7-14/h3-9,11-12H,10H2,1-2H3,(H,23,25). The van der Waals surface area contributed by atoms with Crippen LogP contribution in [0.15, 0.2) is 54.7 Å². The van der Waals surface area contributed by atoms with Gasteiger partial charge in [-0.1, -0.05) is 41.9 Å². The van der Waals surface area contributed by atoms with Gasteiger partial charge in [0.25, 0.3) is 0 Å². The fraction of sp³-hybridized carbons (Fsp3) is 0.143. The van der Waals surface area contributed by atoms with Crippen molar-refractivity contribution in [3.05, 3.63) is 76.6 Å². The average Bonchev–Trinajstić information content (AvgIpc) is 3.11. The Morgan fingerprint density at radius 3 is 2.69 bits per heavy atom. The van der Waals surface area contributed by atoms with Crippen LogP contribution in [0.5, 0.6) is 5.75 Å². The number of rotatable bonds is 4. The van der Waals surface area contributed by atoms with E-state index < -0.39 is 0 Å². The molecule has 0 bridgehead atoms. The Labute approximate surface area is 156 Å². The van der Waals surface area contributed by atoms with Crippen molar-refractivity contribution in [2.24, 2.45) is 0 Å². The van der Waals surface area contributed by atoms with Crippen molar-refractivity contribution < 1.29 is 4.74 Å². The van der Waals surface area contributed by atoms with E-state index in [2.05, 4.69) is 22.3 Å². The lowest BCUT2D eigenvalue weighted by Gasteiger charge is -2.11. The fourth-order valence-corrected chi connectivity index (χ4v) is 3.45. The van der Waals surface area contributed by atoms with Crippen LogP contribution in [0.1, 0.15) is 16.8 Å². The highest BCUT2D eigenvalue weighted by Gasteiger charge is 2.15. The number of aromatic amines is 1. The molecule has 5 heteroatoms. The Kier molecular flexibility index (Phi) is 4.35. The third-order valence-electron chi connectivity index (χ3n) is 4.56. The van der Waals surface area contributed by atoms with Crippen molar-refractivity contribution in [2.75, 3.05) is 7.11 Å². The van der Waals surface area contributed by atoms with Crippen LogP contribution in [0.4, 0.5) is 0 Å². The number of hydrogen-bond donors (Lipinski definition) is 1. The molecule has 4 rings (SSSR count). The predicted octanol–water partition coefficient (Wildman–Crippen LogP) is 5.19. The SMILES string of the molecule is COc1ccc2c(Cl)cc(-c3c[nH]nc3Cc3ccccc3)nc2c1C. The number of fused-ring (bicyclic) bond motifs is 1. The molecule has 1 N–H and O–H groups in total. The molecule has 0 atom stereocenters. The first-order chi connectivity index (χ1) is 12.7. The van der Waals surface area contributed by atoms with Crippen molar-refractivity contribution in [3.8, 4) is 17.0 Å². The van der Waals surface area contributed by atoms with Gasteiger partial charge in [-0.25, -0.2) is 4.98 Å². The van der Waals surface area contributed by atoms with Gasteiger partial charge in [0.15, 0.2) is 0 Å². The zero-order valence-corrected chi connectivity index (χ0v) is 15.3. The van der Waals surface area contributed by atoms with Gasteiger partial charge in [0.2, 0.25) is 0 Å². The summed E-state index contributed by atoms with van der Waals surface area (Å²) in [6.07, 6.45) is 2.60. The summed E-state index contributed by atoms with van der Waals surface area (Å²) in [4.78, 5) is 4.86. The first-order valence-electron chi connectivity index (χ1n) is 8.38. The Bertz CT molecular complexity index is 1070. The molecule has 4 nitrogen and oxygen atoms in total. The summed E-state index contributed by atoms with van der Waals surface area (Å²) < 4.78 is 5.42. The Balaban J connectivity index is 1.83. The number of benzene rings is 2. The van der Waals surface area contributed by atoms with E-state index in [4.69, 9.17) is 21.3 Å². The number of pyridine rings is 1. The number of hydrogen-bond acceptors (Lipinski definition) is 3. The summed E-state index contributed by atoms with van der Waals surface area (Å²) in [6, 6.07) is 16.0. The second kappa shape index (κ2) is 6.81. The quantitative estimate of drug-likeness (QED) is 0.543. The molecule has 130 valence electrons. The lowest BCUT2D eigenvalue weighted by molar-refractivity contribution is 0.412. The van der Waals surface area contributed by atoms with Crippen molar-refractivity contribution in [3.63, 3.8) is 0 Å². The summed E-state index contributed by atoms with van der Waals surface area (Å²) >= 11 is 6.55. The Morgan fingerprint density at radius 2 is 1.92 bits per heavy atom. The predicted molar refractivity (Wildman–Crippen MR) is 105 cm³/mol. The molecule has 2 heterocycles. The van der Waals surface area contributed by atoms with Gasteiger partial charge in [0.1, 0.15) is 5.75 Å². The van der Waals surface area contributed by atoms with Gasteiger partial charge in [-0.05, 0) is 30.7 Å². The number of nitrogens with zero attached hydrogens (tertiary/aromatic N) is 2. The molecule has 0 aliphatic carbocycles. The number of H-pyrrole nitrogens is 1. The molecular weight excluding hydrogens is 346 g/mol. The van der Waals surface area contributed by atoms with E-state index >= 15 is 0 Å². The first-order valence-corrected chi connectivity index (χ1v) is 8.76. The van der Waals surface area contributed by atoms with Crippen molar-refractivity contribution in [1.82, 2.24) is 15.2 Å². The fourth-order valence-electron chi connectivity index (χ4n) is 3.19.